The Hall–Kier alpha value is -0.900. The highest BCUT2D eigenvalue weighted by atomic mass is 32.1. The van der Waals surface area contributed by atoms with Crippen LogP contribution in [0.15, 0.2) is 17.2 Å². The van der Waals surface area contributed by atoms with Crippen LogP contribution >= 0.6 is 11.3 Å². The van der Waals surface area contributed by atoms with E-state index < -0.39 is 0 Å². The van der Waals surface area contributed by atoms with E-state index in [1.807, 2.05) is 0 Å². The first kappa shape index (κ1) is 8.69. The molecule has 1 heterocycles. The molecular formula is C9H13N3S. The van der Waals surface area contributed by atoms with Crippen molar-refractivity contribution in [1.82, 2.24) is 10.2 Å². The van der Waals surface area contributed by atoms with E-state index in [1.54, 1.807) is 22.4 Å². The Labute approximate surface area is 81.9 Å². The summed E-state index contributed by atoms with van der Waals surface area (Å²) >= 11 is 1.55. The summed E-state index contributed by atoms with van der Waals surface area (Å²) in [7, 11) is 0. The molecule has 0 saturated heterocycles. The maximum Gasteiger partial charge on any atom is 0.205 e. The van der Waals surface area contributed by atoms with E-state index >= 15 is 0 Å². The topological polar surface area (TPSA) is 37.8 Å². The van der Waals surface area contributed by atoms with Gasteiger partial charge in [0.2, 0.25) is 5.13 Å². The van der Waals surface area contributed by atoms with Gasteiger partial charge >= 0.3 is 0 Å². The second-order valence-corrected chi connectivity index (χ2v) is 4.01. The SMILES string of the molecule is C1=C(CCNc2nncs2)CCC1. The van der Waals surface area contributed by atoms with E-state index in [-0.39, 0.29) is 0 Å². The first-order chi connectivity index (χ1) is 6.45. The third-order valence-electron chi connectivity index (χ3n) is 2.22. The predicted molar refractivity (Wildman–Crippen MR) is 54.9 cm³/mol. The van der Waals surface area contributed by atoms with E-state index in [1.165, 1.54) is 19.3 Å². The van der Waals surface area contributed by atoms with Crippen LogP contribution in [0.2, 0.25) is 0 Å². The predicted octanol–water partition coefficient (Wildman–Crippen LogP) is 2.45. The van der Waals surface area contributed by atoms with Crippen LogP contribution in [0.25, 0.3) is 0 Å². The summed E-state index contributed by atoms with van der Waals surface area (Å²) in [6, 6.07) is 0. The molecule has 1 aromatic rings. The molecule has 4 heteroatoms. The molecule has 1 N–H and O–H groups in total. The highest BCUT2D eigenvalue weighted by Gasteiger charge is 2.03. The lowest BCUT2D eigenvalue weighted by Gasteiger charge is -2.02. The van der Waals surface area contributed by atoms with Gasteiger partial charge in [-0.15, -0.1) is 10.2 Å². The molecule has 0 saturated carbocycles. The third-order valence-corrected chi connectivity index (χ3v) is 2.87. The molecule has 0 aromatic carbocycles. The van der Waals surface area contributed by atoms with Crippen molar-refractivity contribution in [3.05, 3.63) is 17.2 Å². The summed E-state index contributed by atoms with van der Waals surface area (Å²) in [6.45, 7) is 0.987. The average Bonchev–Trinajstić information content (AvgIpc) is 2.75. The summed E-state index contributed by atoms with van der Waals surface area (Å²) < 4.78 is 0. The van der Waals surface area contributed by atoms with E-state index in [2.05, 4.69) is 21.6 Å². The van der Waals surface area contributed by atoms with E-state index in [0.29, 0.717) is 0 Å². The summed E-state index contributed by atoms with van der Waals surface area (Å²) in [5.41, 5.74) is 3.34. The van der Waals surface area contributed by atoms with Crippen molar-refractivity contribution >= 4 is 16.5 Å². The number of aromatic nitrogens is 2. The molecule has 0 aliphatic heterocycles. The number of hydrogen-bond donors (Lipinski definition) is 1. The van der Waals surface area contributed by atoms with Crippen LogP contribution in [-0.2, 0) is 0 Å². The lowest BCUT2D eigenvalue weighted by molar-refractivity contribution is 0.862. The van der Waals surface area contributed by atoms with Crippen LogP contribution in [0.1, 0.15) is 25.7 Å². The van der Waals surface area contributed by atoms with Crippen molar-refractivity contribution < 1.29 is 0 Å². The van der Waals surface area contributed by atoms with Crippen molar-refractivity contribution in [1.29, 1.82) is 0 Å². The third kappa shape index (κ3) is 2.52. The van der Waals surface area contributed by atoms with Crippen LogP contribution in [0.3, 0.4) is 0 Å². The monoisotopic (exact) mass is 195 g/mol. The maximum absolute atomic E-state index is 3.92. The lowest BCUT2D eigenvalue weighted by atomic mass is 10.2. The van der Waals surface area contributed by atoms with Crippen molar-refractivity contribution in [3.8, 4) is 0 Å². The zero-order valence-electron chi connectivity index (χ0n) is 7.49. The molecule has 0 spiro atoms. The quantitative estimate of drug-likeness (QED) is 0.750. The second kappa shape index (κ2) is 4.37. The van der Waals surface area contributed by atoms with Crippen LogP contribution in [-0.4, -0.2) is 16.7 Å². The van der Waals surface area contributed by atoms with Gasteiger partial charge in [0.15, 0.2) is 0 Å². The highest BCUT2D eigenvalue weighted by molar-refractivity contribution is 7.13. The Bertz CT molecular complexity index is 279. The second-order valence-electron chi connectivity index (χ2n) is 3.18. The Morgan fingerprint density at radius 2 is 2.54 bits per heavy atom. The van der Waals surface area contributed by atoms with Gasteiger partial charge in [-0.2, -0.15) is 0 Å². The Morgan fingerprint density at radius 1 is 1.54 bits per heavy atom. The fraction of sp³-hybridized carbons (Fsp3) is 0.556. The Morgan fingerprint density at radius 3 is 3.23 bits per heavy atom. The van der Waals surface area contributed by atoms with Crippen molar-refractivity contribution in [2.24, 2.45) is 0 Å². The molecule has 1 aliphatic carbocycles. The van der Waals surface area contributed by atoms with Crippen LogP contribution in [0.4, 0.5) is 5.13 Å². The number of allylic oxidation sites excluding steroid dienone is 1. The molecule has 0 bridgehead atoms. The molecule has 0 atom stereocenters. The van der Waals surface area contributed by atoms with Crippen molar-refractivity contribution in [2.75, 3.05) is 11.9 Å². The molecule has 0 amide bonds. The molecule has 70 valence electrons. The number of nitrogens with one attached hydrogen (secondary N) is 1. The normalized spacial score (nSPS) is 15.8. The number of anilines is 1. The zero-order chi connectivity index (χ0) is 8.93. The average molecular weight is 195 g/mol. The largest absolute Gasteiger partial charge is 0.360 e. The summed E-state index contributed by atoms with van der Waals surface area (Å²) in [6.07, 6.45) is 7.42. The minimum atomic E-state index is 0.929. The Kier molecular flexibility index (Phi) is 2.92. The van der Waals surface area contributed by atoms with Crippen molar-refractivity contribution in [2.45, 2.75) is 25.7 Å². The zero-order valence-corrected chi connectivity index (χ0v) is 8.31. The summed E-state index contributed by atoms with van der Waals surface area (Å²) in [5, 5.41) is 11.9. The first-order valence-corrected chi connectivity index (χ1v) is 5.51. The smallest absolute Gasteiger partial charge is 0.205 e. The highest BCUT2D eigenvalue weighted by Crippen LogP contribution is 2.20. The first-order valence-electron chi connectivity index (χ1n) is 4.63. The van der Waals surface area contributed by atoms with Gasteiger partial charge in [-0.1, -0.05) is 23.0 Å². The summed E-state index contributed by atoms with van der Waals surface area (Å²) in [4.78, 5) is 0. The lowest BCUT2D eigenvalue weighted by Crippen LogP contribution is -2.01. The van der Waals surface area contributed by atoms with Crippen LogP contribution < -0.4 is 5.32 Å². The fourth-order valence-corrected chi connectivity index (χ4v) is 2.02. The van der Waals surface area contributed by atoms with E-state index in [0.717, 1.165) is 18.1 Å². The van der Waals surface area contributed by atoms with Gasteiger partial charge in [-0.25, -0.2) is 0 Å². The van der Waals surface area contributed by atoms with Gasteiger partial charge < -0.3 is 5.32 Å². The molecule has 1 aliphatic rings. The van der Waals surface area contributed by atoms with Crippen molar-refractivity contribution in [3.63, 3.8) is 0 Å². The molecule has 13 heavy (non-hydrogen) atoms. The van der Waals surface area contributed by atoms with Gasteiger partial charge in [0.25, 0.3) is 0 Å². The minimum Gasteiger partial charge on any atom is -0.360 e. The van der Waals surface area contributed by atoms with Crippen LogP contribution in [0.5, 0.6) is 0 Å². The van der Waals surface area contributed by atoms with Gasteiger partial charge in [0.05, 0.1) is 0 Å². The van der Waals surface area contributed by atoms with Crippen LogP contribution in [0, 0.1) is 0 Å². The van der Waals surface area contributed by atoms with Gasteiger partial charge in [0.1, 0.15) is 5.51 Å². The van der Waals surface area contributed by atoms with Gasteiger partial charge in [-0.05, 0) is 25.7 Å². The number of rotatable bonds is 4. The minimum absolute atomic E-state index is 0.929. The standard InChI is InChI=1S/C9H13N3S/c1-2-4-8(3-1)5-6-10-9-12-11-7-13-9/h3,7H,1-2,4-6H2,(H,10,12). The fourth-order valence-electron chi connectivity index (χ4n) is 1.54. The molecule has 0 radical (unpaired) electrons. The number of hydrogen-bond acceptors (Lipinski definition) is 4. The summed E-state index contributed by atoms with van der Waals surface area (Å²) in [5.74, 6) is 0. The molecular weight excluding hydrogens is 182 g/mol. The van der Waals surface area contributed by atoms with E-state index in [9.17, 15) is 0 Å². The van der Waals surface area contributed by atoms with Gasteiger partial charge in [-0.3, -0.25) is 0 Å². The maximum atomic E-state index is 3.92. The molecule has 3 nitrogen and oxygen atoms in total. The van der Waals surface area contributed by atoms with Gasteiger partial charge in [0, 0.05) is 6.54 Å². The molecule has 0 fully saturated rings. The van der Waals surface area contributed by atoms with E-state index in [4.69, 9.17) is 0 Å². The number of nitrogens with zero attached hydrogens (tertiary/aromatic N) is 2. The Balaban J connectivity index is 1.69. The molecule has 0 unspecified atom stereocenters. The molecule has 1 aromatic heterocycles. The molecule has 2 rings (SSSR count).